The summed E-state index contributed by atoms with van der Waals surface area (Å²) in [4.78, 5) is 11.6. The van der Waals surface area contributed by atoms with Crippen LogP contribution in [0.25, 0.3) is 22.0 Å². The number of aromatic nitrogens is 2. The number of carbonyl (C=O) groups is 1. The summed E-state index contributed by atoms with van der Waals surface area (Å²) >= 11 is 1.40. The van der Waals surface area contributed by atoms with E-state index in [0.717, 1.165) is 34.0 Å². The Balaban J connectivity index is 1.90. The van der Waals surface area contributed by atoms with Gasteiger partial charge in [0.1, 0.15) is 0 Å². The lowest BCUT2D eigenvalue weighted by Gasteiger charge is -2.15. The molecule has 0 aliphatic carbocycles. The molecule has 4 rings (SSSR count). The van der Waals surface area contributed by atoms with Crippen LogP contribution in [0.3, 0.4) is 0 Å². The molecule has 0 saturated heterocycles. The third-order valence-corrected chi connectivity index (χ3v) is 5.54. The van der Waals surface area contributed by atoms with Crippen LogP contribution < -0.4 is 4.74 Å². The molecule has 0 spiro atoms. The summed E-state index contributed by atoms with van der Waals surface area (Å²) < 4.78 is 5.33. The molecule has 5 heteroatoms. The Labute approximate surface area is 173 Å². The van der Waals surface area contributed by atoms with Crippen LogP contribution in [0, 0.1) is 0 Å². The molecule has 1 N–H and O–H groups in total. The number of ether oxygens (including phenoxy) is 1. The van der Waals surface area contributed by atoms with Crippen molar-refractivity contribution in [3.8, 4) is 5.06 Å². The highest BCUT2D eigenvalue weighted by Gasteiger charge is 2.16. The normalized spacial score (nSPS) is 11.9. The molecule has 0 amide bonds. The predicted molar refractivity (Wildman–Crippen MR) is 119 cm³/mol. The second-order valence-electron chi connectivity index (χ2n) is 6.52. The number of esters is 1. The molecule has 4 aromatic rings. The number of thiophene rings is 1. The lowest BCUT2D eigenvalue weighted by molar-refractivity contribution is -0.128. The van der Waals surface area contributed by atoms with Gasteiger partial charge in [-0.1, -0.05) is 49.9 Å². The Morgan fingerprint density at radius 1 is 1.14 bits per heavy atom. The minimum absolute atomic E-state index is 0.456. The van der Waals surface area contributed by atoms with Crippen molar-refractivity contribution in [1.29, 1.82) is 0 Å². The zero-order valence-electron chi connectivity index (χ0n) is 16.0. The van der Waals surface area contributed by atoms with E-state index in [0.29, 0.717) is 5.06 Å². The van der Waals surface area contributed by atoms with Gasteiger partial charge in [-0.2, -0.15) is 5.10 Å². The third-order valence-electron chi connectivity index (χ3n) is 4.74. The molecule has 0 aliphatic rings. The molecule has 144 valence electrons. The van der Waals surface area contributed by atoms with Gasteiger partial charge in [0, 0.05) is 22.9 Å². The fourth-order valence-electron chi connectivity index (χ4n) is 3.42. The maximum absolute atomic E-state index is 11.6. The molecule has 0 aliphatic heterocycles. The van der Waals surface area contributed by atoms with E-state index in [9.17, 15) is 4.79 Å². The number of carbonyl (C=O) groups excluding carboxylic acids is 1. The van der Waals surface area contributed by atoms with Gasteiger partial charge in [0.05, 0.1) is 11.7 Å². The first-order chi connectivity index (χ1) is 14.2. The Morgan fingerprint density at radius 2 is 1.97 bits per heavy atom. The number of nitrogens with one attached hydrogen (secondary N) is 1. The lowest BCUT2D eigenvalue weighted by Crippen LogP contribution is -2.01. The van der Waals surface area contributed by atoms with Crippen LogP contribution in [0.15, 0.2) is 78.8 Å². The quantitative estimate of drug-likeness (QED) is 0.242. The van der Waals surface area contributed by atoms with Crippen molar-refractivity contribution in [2.45, 2.75) is 13.3 Å². The Hall–Kier alpha value is -3.44. The van der Waals surface area contributed by atoms with Crippen LogP contribution in [-0.2, 0) is 4.79 Å². The molecule has 0 bridgehead atoms. The predicted octanol–water partition coefficient (Wildman–Crippen LogP) is 6.08. The molecule has 0 fully saturated rings. The molecule has 29 heavy (non-hydrogen) atoms. The van der Waals surface area contributed by atoms with Gasteiger partial charge in [-0.05, 0) is 46.4 Å². The highest BCUT2D eigenvalue weighted by Crippen LogP contribution is 2.38. The smallest absolute Gasteiger partial charge is 0.336 e. The van der Waals surface area contributed by atoms with E-state index >= 15 is 0 Å². The Bertz CT molecular complexity index is 1200. The molecule has 4 nitrogen and oxygen atoms in total. The standard InChI is InChI=1S/C24H20N2O2S/c1-3-20(16-8-6-5-7-9-16)24(17-10-11-21-18(12-17)14-25-26-21)19-13-23(29-15-19)28-22(27)4-2/h4-15H,2-3H2,1H3,(H,25,26)/b24-20+. The first-order valence-electron chi connectivity index (χ1n) is 9.35. The van der Waals surface area contributed by atoms with Gasteiger partial charge in [0.2, 0.25) is 0 Å². The summed E-state index contributed by atoms with van der Waals surface area (Å²) in [6, 6.07) is 18.6. The van der Waals surface area contributed by atoms with Crippen molar-refractivity contribution in [3.05, 3.63) is 95.5 Å². The number of nitrogens with zero attached hydrogens (tertiary/aromatic N) is 1. The lowest BCUT2D eigenvalue weighted by atomic mass is 9.89. The van der Waals surface area contributed by atoms with E-state index in [2.05, 4.69) is 48.0 Å². The number of fused-ring (bicyclic) bond motifs is 1. The van der Waals surface area contributed by atoms with Gasteiger partial charge in [-0.15, -0.1) is 11.3 Å². The van der Waals surface area contributed by atoms with Crippen LogP contribution >= 0.6 is 11.3 Å². The van der Waals surface area contributed by atoms with E-state index in [1.54, 1.807) is 0 Å². The summed E-state index contributed by atoms with van der Waals surface area (Å²) in [7, 11) is 0. The van der Waals surface area contributed by atoms with Gasteiger partial charge in [-0.3, -0.25) is 5.10 Å². The number of rotatable bonds is 6. The van der Waals surface area contributed by atoms with Gasteiger partial charge in [0.15, 0.2) is 5.06 Å². The zero-order chi connectivity index (χ0) is 20.2. The molecule has 2 heterocycles. The van der Waals surface area contributed by atoms with E-state index in [1.165, 1.54) is 28.5 Å². The van der Waals surface area contributed by atoms with Crippen molar-refractivity contribution in [2.24, 2.45) is 0 Å². The van der Waals surface area contributed by atoms with Crippen LogP contribution in [0.5, 0.6) is 5.06 Å². The summed E-state index contributed by atoms with van der Waals surface area (Å²) in [6.07, 6.45) is 3.86. The van der Waals surface area contributed by atoms with E-state index in [1.807, 2.05) is 41.9 Å². The van der Waals surface area contributed by atoms with Gasteiger partial charge < -0.3 is 4.74 Å². The van der Waals surface area contributed by atoms with Crippen LogP contribution in [0.1, 0.15) is 30.0 Å². The SMILES string of the molecule is C=CC(=O)Oc1cc(/C(=C(\CC)c2ccccc2)c2ccc3[nH]ncc3c2)cs1. The van der Waals surface area contributed by atoms with E-state index in [-0.39, 0.29) is 0 Å². The Kier molecular flexibility index (Phi) is 5.40. The number of H-pyrrole nitrogens is 1. The molecule has 2 aromatic heterocycles. The van der Waals surface area contributed by atoms with Gasteiger partial charge >= 0.3 is 5.97 Å². The molecule has 0 unspecified atom stereocenters. The number of aromatic amines is 1. The molecule has 2 aromatic carbocycles. The highest BCUT2D eigenvalue weighted by atomic mass is 32.1. The van der Waals surface area contributed by atoms with Crippen molar-refractivity contribution < 1.29 is 9.53 Å². The fourth-order valence-corrected chi connectivity index (χ4v) is 4.17. The number of benzene rings is 2. The molecule has 0 atom stereocenters. The van der Waals surface area contributed by atoms with Crippen molar-refractivity contribution in [3.63, 3.8) is 0 Å². The number of hydrogen-bond acceptors (Lipinski definition) is 4. The summed E-state index contributed by atoms with van der Waals surface area (Å²) in [5.74, 6) is -0.456. The van der Waals surface area contributed by atoms with Crippen molar-refractivity contribution >= 4 is 39.4 Å². The van der Waals surface area contributed by atoms with E-state index < -0.39 is 5.97 Å². The number of allylic oxidation sites excluding steroid dienone is 1. The average molecular weight is 401 g/mol. The summed E-state index contributed by atoms with van der Waals surface area (Å²) in [6.45, 7) is 5.62. The number of hydrogen-bond donors (Lipinski definition) is 1. The topological polar surface area (TPSA) is 55.0 Å². The van der Waals surface area contributed by atoms with Crippen LogP contribution in [-0.4, -0.2) is 16.2 Å². The summed E-state index contributed by atoms with van der Waals surface area (Å²) in [5, 5.41) is 10.8. The minimum Gasteiger partial charge on any atom is -0.412 e. The first-order valence-corrected chi connectivity index (χ1v) is 10.2. The second kappa shape index (κ2) is 8.29. The van der Waals surface area contributed by atoms with Crippen molar-refractivity contribution in [1.82, 2.24) is 10.2 Å². The maximum Gasteiger partial charge on any atom is 0.336 e. The van der Waals surface area contributed by atoms with Crippen molar-refractivity contribution in [2.75, 3.05) is 0 Å². The molecular formula is C24H20N2O2S. The van der Waals surface area contributed by atoms with E-state index in [4.69, 9.17) is 4.74 Å². The van der Waals surface area contributed by atoms with Gasteiger partial charge in [0.25, 0.3) is 0 Å². The largest absolute Gasteiger partial charge is 0.412 e. The Morgan fingerprint density at radius 3 is 2.72 bits per heavy atom. The molecular weight excluding hydrogens is 380 g/mol. The molecule has 0 saturated carbocycles. The highest BCUT2D eigenvalue weighted by molar-refractivity contribution is 7.12. The van der Waals surface area contributed by atoms with Crippen LogP contribution in [0.2, 0.25) is 0 Å². The second-order valence-corrected chi connectivity index (χ2v) is 7.40. The van der Waals surface area contributed by atoms with Gasteiger partial charge in [-0.25, -0.2) is 4.79 Å². The fraction of sp³-hybridized carbons (Fsp3) is 0.0833. The maximum atomic E-state index is 11.6. The molecule has 0 radical (unpaired) electrons. The average Bonchev–Trinajstić information content (AvgIpc) is 3.41. The minimum atomic E-state index is -0.456. The first kappa shape index (κ1) is 18.9. The summed E-state index contributed by atoms with van der Waals surface area (Å²) in [5.41, 5.74) is 6.64. The zero-order valence-corrected chi connectivity index (χ0v) is 16.8. The third kappa shape index (κ3) is 3.91. The van der Waals surface area contributed by atoms with Crippen LogP contribution in [0.4, 0.5) is 0 Å². The monoisotopic (exact) mass is 400 g/mol.